The highest BCUT2D eigenvalue weighted by atomic mass is 16.5. The van der Waals surface area contributed by atoms with Gasteiger partial charge in [-0.1, -0.05) is 31.2 Å². The van der Waals surface area contributed by atoms with Crippen LogP contribution < -0.4 is 5.32 Å². The maximum atomic E-state index is 5.16. The smallest absolute Gasteiger partial charge is 0.0589 e. The molecule has 1 aliphatic rings. The molecule has 1 heterocycles. The Balaban J connectivity index is 1.88. The Morgan fingerprint density at radius 1 is 1.33 bits per heavy atom. The SMILES string of the molecule is CCN(CCOC)C[C@H]1Cc2ccccc2CN1. The lowest BCUT2D eigenvalue weighted by Crippen LogP contribution is -2.45. The molecule has 3 nitrogen and oxygen atoms in total. The first-order valence-corrected chi connectivity index (χ1v) is 6.85. The number of nitrogens with one attached hydrogen (secondary N) is 1. The first-order chi connectivity index (χ1) is 8.83. The van der Waals surface area contributed by atoms with Gasteiger partial charge >= 0.3 is 0 Å². The molecule has 100 valence electrons. The highest BCUT2D eigenvalue weighted by molar-refractivity contribution is 5.29. The monoisotopic (exact) mass is 248 g/mol. The molecule has 0 saturated heterocycles. The summed E-state index contributed by atoms with van der Waals surface area (Å²) in [6, 6.07) is 9.31. The average molecular weight is 248 g/mol. The van der Waals surface area contributed by atoms with Gasteiger partial charge in [-0.2, -0.15) is 0 Å². The quantitative estimate of drug-likeness (QED) is 0.829. The van der Waals surface area contributed by atoms with Crippen molar-refractivity contribution in [3.05, 3.63) is 35.4 Å². The van der Waals surface area contributed by atoms with Crippen LogP contribution >= 0.6 is 0 Å². The van der Waals surface area contributed by atoms with Gasteiger partial charge in [-0.05, 0) is 24.1 Å². The number of nitrogens with zero attached hydrogens (tertiary/aromatic N) is 1. The van der Waals surface area contributed by atoms with Crippen LogP contribution in [0.25, 0.3) is 0 Å². The fourth-order valence-corrected chi connectivity index (χ4v) is 2.56. The zero-order chi connectivity index (χ0) is 12.8. The van der Waals surface area contributed by atoms with Crippen molar-refractivity contribution in [2.75, 3.05) is 33.4 Å². The van der Waals surface area contributed by atoms with E-state index in [-0.39, 0.29) is 0 Å². The van der Waals surface area contributed by atoms with E-state index < -0.39 is 0 Å². The third-order valence-corrected chi connectivity index (χ3v) is 3.70. The molecule has 0 fully saturated rings. The van der Waals surface area contributed by atoms with E-state index in [1.165, 1.54) is 11.1 Å². The summed E-state index contributed by atoms with van der Waals surface area (Å²) in [4.78, 5) is 2.45. The summed E-state index contributed by atoms with van der Waals surface area (Å²) in [5, 5.41) is 3.63. The number of ether oxygens (including phenoxy) is 1. The minimum atomic E-state index is 0.566. The maximum absolute atomic E-state index is 5.16. The highest BCUT2D eigenvalue weighted by Crippen LogP contribution is 2.16. The lowest BCUT2D eigenvalue weighted by molar-refractivity contribution is 0.143. The number of hydrogen-bond acceptors (Lipinski definition) is 3. The van der Waals surface area contributed by atoms with Crippen LogP contribution in [0.1, 0.15) is 18.1 Å². The number of rotatable bonds is 6. The molecule has 1 aliphatic heterocycles. The van der Waals surface area contributed by atoms with Gasteiger partial charge in [0.2, 0.25) is 0 Å². The maximum Gasteiger partial charge on any atom is 0.0589 e. The van der Waals surface area contributed by atoms with Gasteiger partial charge in [0.05, 0.1) is 6.61 Å². The summed E-state index contributed by atoms with van der Waals surface area (Å²) in [5.74, 6) is 0. The van der Waals surface area contributed by atoms with Crippen LogP contribution in [-0.2, 0) is 17.7 Å². The van der Waals surface area contributed by atoms with Crippen molar-refractivity contribution in [1.29, 1.82) is 0 Å². The summed E-state index contributed by atoms with van der Waals surface area (Å²) < 4.78 is 5.16. The third-order valence-electron chi connectivity index (χ3n) is 3.70. The van der Waals surface area contributed by atoms with Gasteiger partial charge < -0.3 is 10.1 Å². The Kier molecular flexibility index (Phi) is 5.17. The summed E-state index contributed by atoms with van der Waals surface area (Å²) in [5.41, 5.74) is 2.96. The molecular weight excluding hydrogens is 224 g/mol. The molecule has 0 spiro atoms. The third kappa shape index (κ3) is 3.55. The zero-order valence-corrected chi connectivity index (χ0v) is 11.5. The second kappa shape index (κ2) is 6.88. The Labute approximate surface area is 110 Å². The fourth-order valence-electron chi connectivity index (χ4n) is 2.56. The zero-order valence-electron chi connectivity index (χ0n) is 11.5. The predicted molar refractivity (Wildman–Crippen MR) is 74.8 cm³/mol. The molecule has 0 aromatic heterocycles. The first kappa shape index (κ1) is 13.5. The normalized spacial score (nSPS) is 18.9. The number of hydrogen-bond donors (Lipinski definition) is 1. The van der Waals surface area contributed by atoms with Crippen LogP contribution in [0, 0.1) is 0 Å². The number of likely N-dealkylation sites (N-methyl/N-ethyl adjacent to an activating group) is 1. The van der Waals surface area contributed by atoms with Crippen LogP contribution in [-0.4, -0.2) is 44.3 Å². The largest absolute Gasteiger partial charge is 0.383 e. The van der Waals surface area contributed by atoms with Crippen LogP contribution in [0.4, 0.5) is 0 Å². The van der Waals surface area contributed by atoms with E-state index in [2.05, 4.69) is 41.4 Å². The fraction of sp³-hybridized carbons (Fsp3) is 0.600. The number of methoxy groups -OCH3 is 1. The van der Waals surface area contributed by atoms with Crippen LogP contribution in [0.5, 0.6) is 0 Å². The molecular formula is C15H24N2O. The predicted octanol–water partition coefficient (Wildman–Crippen LogP) is 1.67. The molecule has 0 amide bonds. The molecule has 1 N–H and O–H groups in total. The van der Waals surface area contributed by atoms with E-state index in [0.717, 1.165) is 39.2 Å². The molecule has 1 aromatic carbocycles. The molecule has 0 radical (unpaired) electrons. The van der Waals surface area contributed by atoms with Gasteiger partial charge in [0.15, 0.2) is 0 Å². The molecule has 2 rings (SSSR count). The van der Waals surface area contributed by atoms with Crippen molar-refractivity contribution in [3.63, 3.8) is 0 Å². The Hall–Kier alpha value is -0.900. The van der Waals surface area contributed by atoms with Crippen molar-refractivity contribution in [2.45, 2.75) is 25.9 Å². The second-order valence-corrected chi connectivity index (χ2v) is 4.94. The molecule has 0 saturated carbocycles. The minimum absolute atomic E-state index is 0.566. The van der Waals surface area contributed by atoms with E-state index >= 15 is 0 Å². The minimum Gasteiger partial charge on any atom is -0.383 e. The van der Waals surface area contributed by atoms with E-state index in [1.54, 1.807) is 7.11 Å². The van der Waals surface area contributed by atoms with E-state index in [9.17, 15) is 0 Å². The van der Waals surface area contributed by atoms with Gasteiger partial charge in [-0.25, -0.2) is 0 Å². The summed E-state index contributed by atoms with van der Waals surface area (Å²) in [6.07, 6.45) is 1.14. The summed E-state index contributed by atoms with van der Waals surface area (Å²) >= 11 is 0. The molecule has 18 heavy (non-hydrogen) atoms. The van der Waals surface area contributed by atoms with Crippen molar-refractivity contribution in [2.24, 2.45) is 0 Å². The van der Waals surface area contributed by atoms with Crippen molar-refractivity contribution in [3.8, 4) is 0 Å². The van der Waals surface area contributed by atoms with Gasteiger partial charge in [0, 0.05) is 32.8 Å². The first-order valence-electron chi connectivity index (χ1n) is 6.85. The standard InChI is InChI=1S/C15H24N2O/c1-3-17(8-9-18-2)12-15-10-13-6-4-5-7-14(13)11-16-15/h4-7,15-16H,3,8-12H2,1-2H3/t15-/m1/s1. The Morgan fingerprint density at radius 3 is 2.83 bits per heavy atom. The van der Waals surface area contributed by atoms with E-state index in [4.69, 9.17) is 4.74 Å². The lowest BCUT2D eigenvalue weighted by atomic mass is 9.95. The molecule has 1 aromatic rings. The average Bonchev–Trinajstić information content (AvgIpc) is 2.43. The highest BCUT2D eigenvalue weighted by Gasteiger charge is 2.19. The van der Waals surface area contributed by atoms with Gasteiger partial charge in [-0.3, -0.25) is 4.90 Å². The second-order valence-electron chi connectivity index (χ2n) is 4.94. The number of benzene rings is 1. The molecule has 3 heteroatoms. The summed E-state index contributed by atoms with van der Waals surface area (Å²) in [7, 11) is 1.77. The lowest BCUT2D eigenvalue weighted by Gasteiger charge is -2.31. The van der Waals surface area contributed by atoms with Crippen LogP contribution in [0.15, 0.2) is 24.3 Å². The van der Waals surface area contributed by atoms with Gasteiger partial charge in [-0.15, -0.1) is 0 Å². The van der Waals surface area contributed by atoms with Crippen molar-refractivity contribution < 1.29 is 4.74 Å². The van der Waals surface area contributed by atoms with Crippen LogP contribution in [0.3, 0.4) is 0 Å². The number of fused-ring (bicyclic) bond motifs is 1. The summed E-state index contributed by atoms with van der Waals surface area (Å²) in [6.45, 7) is 7.25. The van der Waals surface area contributed by atoms with Crippen molar-refractivity contribution in [1.82, 2.24) is 10.2 Å². The van der Waals surface area contributed by atoms with E-state index in [0.29, 0.717) is 6.04 Å². The Morgan fingerprint density at radius 2 is 2.11 bits per heavy atom. The van der Waals surface area contributed by atoms with Gasteiger partial charge in [0.1, 0.15) is 0 Å². The van der Waals surface area contributed by atoms with Gasteiger partial charge in [0.25, 0.3) is 0 Å². The molecule has 1 atom stereocenters. The topological polar surface area (TPSA) is 24.5 Å². The molecule has 0 bridgehead atoms. The molecule has 0 unspecified atom stereocenters. The van der Waals surface area contributed by atoms with E-state index in [1.807, 2.05) is 0 Å². The van der Waals surface area contributed by atoms with Crippen molar-refractivity contribution >= 4 is 0 Å². The Bertz CT molecular complexity index is 367. The van der Waals surface area contributed by atoms with Crippen LogP contribution in [0.2, 0.25) is 0 Å². The molecule has 0 aliphatic carbocycles.